The fraction of sp³-hybridized carbons (Fsp3) is 0.600. The van der Waals surface area contributed by atoms with E-state index in [9.17, 15) is 0 Å². The van der Waals surface area contributed by atoms with Crippen LogP contribution < -0.4 is 11.1 Å². The monoisotopic (exact) mass is 208 g/mol. The predicted molar refractivity (Wildman–Crippen MR) is 58.5 cm³/mol. The van der Waals surface area contributed by atoms with Gasteiger partial charge in [0.2, 0.25) is 5.95 Å². The molecule has 0 spiro atoms. The molecule has 1 aliphatic heterocycles. The van der Waals surface area contributed by atoms with Gasteiger partial charge < -0.3 is 15.8 Å². The van der Waals surface area contributed by atoms with Gasteiger partial charge in [0.15, 0.2) is 0 Å². The number of nitrogens with one attached hydrogen (secondary N) is 1. The van der Waals surface area contributed by atoms with Gasteiger partial charge in [0.05, 0.1) is 12.1 Å². The van der Waals surface area contributed by atoms with Crippen molar-refractivity contribution in [3.8, 4) is 0 Å². The van der Waals surface area contributed by atoms with Crippen LogP contribution in [0.2, 0.25) is 0 Å². The van der Waals surface area contributed by atoms with Crippen LogP contribution in [0.3, 0.4) is 0 Å². The van der Waals surface area contributed by atoms with E-state index in [0.29, 0.717) is 12.6 Å². The molecule has 2 heterocycles. The Hall–Kier alpha value is -1.36. The minimum absolute atomic E-state index is 0.0426. The average molecular weight is 208 g/mol. The highest BCUT2D eigenvalue weighted by Crippen LogP contribution is 2.22. The van der Waals surface area contributed by atoms with Crippen molar-refractivity contribution in [1.29, 1.82) is 0 Å². The molecular weight excluding hydrogens is 192 g/mol. The molecule has 82 valence electrons. The average Bonchev–Trinajstić information content (AvgIpc) is 2.18. The highest BCUT2D eigenvalue weighted by atomic mass is 16.5. The van der Waals surface area contributed by atoms with Gasteiger partial charge in [0, 0.05) is 12.8 Å². The molecule has 3 N–H and O–H groups in total. The first kappa shape index (κ1) is 10.2. The number of anilines is 2. The zero-order valence-electron chi connectivity index (χ0n) is 8.86. The van der Waals surface area contributed by atoms with Crippen LogP contribution >= 0.6 is 0 Å². The van der Waals surface area contributed by atoms with Crippen molar-refractivity contribution in [2.24, 2.45) is 0 Å². The first-order valence-electron chi connectivity index (χ1n) is 5.12. The molecule has 15 heavy (non-hydrogen) atoms. The Morgan fingerprint density at radius 3 is 3.13 bits per heavy atom. The van der Waals surface area contributed by atoms with Crippen molar-refractivity contribution in [2.45, 2.75) is 25.3 Å². The van der Waals surface area contributed by atoms with Gasteiger partial charge >= 0.3 is 0 Å². The van der Waals surface area contributed by atoms with Gasteiger partial charge in [-0.2, -0.15) is 4.98 Å². The summed E-state index contributed by atoms with van der Waals surface area (Å²) >= 11 is 0. The maximum absolute atomic E-state index is 5.51. The third-order valence-electron chi connectivity index (χ3n) is 2.54. The number of aromatic nitrogens is 2. The Balaban J connectivity index is 2.06. The number of rotatable bonds is 2. The molecule has 0 aromatic carbocycles. The standard InChI is InChI=1S/C10H16N4O/c1-10(4-2-6-15-7-10)14-8-3-5-12-9(11)13-8/h3,5H,2,4,6-7H2,1H3,(H3,11,12,13,14). The molecule has 1 aromatic heterocycles. The van der Waals surface area contributed by atoms with Crippen LogP contribution in [0.4, 0.5) is 11.8 Å². The van der Waals surface area contributed by atoms with Crippen molar-refractivity contribution in [3.63, 3.8) is 0 Å². The van der Waals surface area contributed by atoms with E-state index < -0.39 is 0 Å². The van der Waals surface area contributed by atoms with E-state index in [2.05, 4.69) is 22.2 Å². The molecule has 0 amide bonds. The summed E-state index contributed by atoms with van der Waals surface area (Å²) in [5.41, 5.74) is 5.47. The Bertz CT molecular complexity index is 336. The van der Waals surface area contributed by atoms with E-state index in [-0.39, 0.29) is 5.54 Å². The van der Waals surface area contributed by atoms with E-state index in [1.807, 2.05) is 6.07 Å². The topological polar surface area (TPSA) is 73.1 Å². The fourth-order valence-corrected chi connectivity index (χ4v) is 1.79. The van der Waals surface area contributed by atoms with Gasteiger partial charge in [-0.1, -0.05) is 0 Å². The number of nitrogens with zero attached hydrogens (tertiary/aromatic N) is 2. The molecule has 1 aliphatic rings. The smallest absolute Gasteiger partial charge is 0.221 e. The second kappa shape index (κ2) is 4.02. The lowest BCUT2D eigenvalue weighted by atomic mass is 9.95. The number of nitrogens with two attached hydrogens (primary N) is 1. The summed E-state index contributed by atoms with van der Waals surface area (Å²) < 4.78 is 5.45. The second-order valence-corrected chi connectivity index (χ2v) is 4.14. The number of hydrogen-bond acceptors (Lipinski definition) is 5. The molecule has 0 bridgehead atoms. The largest absolute Gasteiger partial charge is 0.379 e. The summed E-state index contributed by atoms with van der Waals surface area (Å²) in [5, 5.41) is 3.34. The van der Waals surface area contributed by atoms with Crippen LogP contribution in [-0.4, -0.2) is 28.7 Å². The van der Waals surface area contributed by atoms with Gasteiger partial charge in [0.1, 0.15) is 5.82 Å². The lowest BCUT2D eigenvalue weighted by molar-refractivity contribution is 0.0539. The molecule has 2 rings (SSSR count). The minimum Gasteiger partial charge on any atom is -0.379 e. The number of nitrogen functional groups attached to an aromatic ring is 1. The third kappa shape index (κ3) is 2.56. The molecule has 1 unspecified atom stereocenters. The SMILES string of the molecule is CC1(Nc2ccnc(N)n2)CCCOC1. The zero-order valence-corrected chi connectivity index (χ0v) is 8.86. The lowest BCUT2D eigenvalue weighted by Crippen LogP contribution is -2.43. The third-order valence-corrected chi connectivity index (χ3v) is 2.54. The molecule has 0 aliphatic carbocycles. The van der Waals surface area contributed by atoms with Gasteiger partial charge in [-0.05, 0) is 25.8 Å². The van der Waals surface area contributed by atoms with Crippen LogP contribution in [0.5, 0.6) is 0 Å². The summed E-state index contributed by atoms with van der Waals surface area (Å²) in [6.45, 7) is 3.69. The van der Waals surface area contributed by atoms with Crippen LogP contribution in [0, 0.1) is 0 Å². The van der Waals surface area contributed by atoms with Crippen LogP contribution in [0.25, 0.3) is 0 Å². The highest BCUT2D eigenvalue weighted by molar-refractivity contribution is 5.40. The van der Waals surface area contributed by atoms with E-state index >= 15 is 0 Å². The van der Waals surface area contributed by atoms with Gasteiger partial charge in [0.25, 0.3) is 0 Å². The predicted octanol–water partition coefficient (Wildman–Crippen LogP) is 1.04. The van der Waals surface area contributed by atoms with Crippen LogP contribution in [0.15, 0.2) is 12.3 Å². The first-order valence-corrected chi connectivity index (χ1v) is 5.12. The summed E-state index contributed by atoms with van der Waals surface area (Å²) in [4.78, 5) is 7.96. The fourth-order valence-electron chi connectivity index (χ4n) is 1.79. The zero-order chi connectivity index (χ0) is 10.7. The van der Waals surface area contributed by atoms with Crippen molar-refractivity contribution < 1.29 is 4.74 Å². The van der Waals surface area contributed by atoms with Gasteiger partial charge in [-0.25, -0.2) is 4.98 Å². The van der Waals surface area contributed by atoms with E-state index in [4.69, 9.17) is 10.5 Å². The molecule has 5 nitrogen and oxygen atoms in total. The molecule has 1 aromatic rings. The Kier molecular flexibility index (Phi) is 2.73. The quantitative estimate of drug-likeness (QED) is 0.759. The normalized spacial score (nSPS) is 26.2. The van der Waals surface area contributed by atoms with Gasteiger partial charge in [-0.3, -0.25) is 0 Å². The maximum Gasteiger partial charge on any atom is 0.221 e. The molecule has 0 radical (unpaired) electrons. The Morgan fingerprint density at radius 1 is 1.60 bits per heavy atom. The van der Waals surface area contributed by atoms with Crippen LogP contribution in [0.1, 0.15) is 19.8 Å². The van der Waals surface area contributed by atoms with Crippen molar-refractivity contribution >= 4 is 11.8 Å². The molecule has 0 saturated carbocycles. The molecule has 1 saturated heterocycles. The van der Waals surface area contributed by atoms with E-state index in [1.165, 1.54) is 0 Å². The van der Waals surface area contributed by atoms with E-state index in [0.717, 1.165) is 25.3 Å². The summed E-state index contributed by atoms with van der Waals surface area (Å²) in [6.07, 6.45) is 3.80. The summed E-state index contributed by atoms with van der Waals surface area (Å²) in [5.74, 6) is 1.05. The Morgan fingerprint density at radius 2 is 2.47 bits per heavy atom. The van der Waals surface area contributed by atoms with Crippen LogP contribution in [-0.2, 0) is 4.74 Å². The molecular formula is C10H16N4O. The summed E-state index contributed by atoms with van der Waals surface area (Å²) in [6, 6.07) is 1.82. The Labute approximate surface area is 89.1 Å². The van der Waals surface area contributed by atoms with Crippen molar-refractivity contribution in [3.05, 3.63) is 12.3 Å². The van der Waals surface area contributed by atoms with Crippen molar-refractivity contribution in [2.75, 3.05) is 24.3 Å². The maximum atomic E-state index is 5.51. The lowest BCUT2D eigenvalue weighted by Gasteiger charge is -2.34. The van der Waals surface area contributed by atoms with E-state index in [1.54, 1.807) is 6.20 Å². The second-order valence-electron chi connectivity index (χ2n) is 4.14. The first-order chi connectivity index (χ1) is 7.18. The molecule has 5 heteroatoms. The number of ether oxygens (including phenoxy) is 1. The summed E-state index contributed by atoms with van der Waals surface area (Å²) in [7, 11) is 0. The molecule has 1 atom stereocenters. The minimum atomic E-state index is -0.0426. The number of hydrogen-bond donors (Lipinski definition) is 2. The van der Waals surface area contributed by atoms with Gasteiger partial charge in [-0.15, -0.1) is 0 Å². The highest BCUT2D eigenvalue weighted by Gasteiger charge is 2.27. The van der Waals surface area contributed by atoms with Crippen molar-refractivity contribution in [1.82, 2.24) is 9.97 Å². The molecule has 1 fully saturated rings.